The summed E-state index contributed by atoms with van der Waals surface area (Å²) >= 11 is 0. The van der Waals surface area contributed by atoms with E-state index in [4.69, 9.17) is 5.21 Å². The van der Waals surface area contributed by atoms with E-state index in [2.05, 4.69) is 4.98 Å². The van der Waals surface area contributed by atoms with Gasteiger partial charge in [-0.2, -0.15) is 0 Å². The lowest BCUT2D eigenvalue weighted by Gasteiger charge is -1.94. The summed E-state index contributed by atoms with van der Waals surface area (Å²) in [6, 6.07) is 1.47. The highest BCUT2D eigenvalue weighted by Crippen LogP contribution is 2.00. The third-order valence-corrected chi connectivity index (χ3v) is 1.59. The standard InChI is InChI=1S/C6H5N3O3/c10-5-3-1-2-7-4(3)9(12)6(11)8-5/h1-2,7,12H,(H,8,10,11). The number of nitrogens with one attached hydrogen (secondary N) is 2. The van der Waals surface area contributed by atoms with Gasteiger partial charge < -0.3 is 10.2 Å². The van der Waals surface area contributed by atoms with Crippen LogP contribution >= 0.6 is 0 Å². The summed E-state index contributed by atoms with van der Waals surface area (Å²) in [5.41, 5.74) is -1.26. The molecular formula is C6H5N3O3. The van der Waals surface area contributed by atoms with E-state index in [0.29, 0.717) is 4.73 Å². The molecule has 0 radical (unpaired) electrons. The van der Waals surface area contributed by atoms with Crippen molar-refractivity contribution >= 4 is 11.0 Å². The maximum Gasteiger partial charge on any atom is 0.363 e. The Kier molecular flexibility index (Phi) is 1.12. The summed E-state index contributed by atoms with van der Waals surface area (Å²) in [7, 11) is 0. The fourth-order valence-corrected chi connectivity index (χ4v) is 1.04. The monoisotopic (exact) mass is 167 g/mol. The summed E-state index contributed by atoms with van der Waals surface area (Å²) in [5.74, 6) is 0. The summed E-state index contributed by atoms with van der Waals surface area (Å²) in [4.78, 5) is 26.3. The van der Waals surface area contributed by atoms with E-state index in [1.807, 2.05) is 4.98 Å². The highest BCUT2D eigenvalue weighted by molar-refractivity contribution is 5.73. The maximum atomic E-state index is 11.0. The van der Waals surface area contributed by atoms with E-state index < -0.39 is 11.2 Å². The average molecular weight is 167 g/mol. The maximum absolute atomic E-state index is 11.0. The number of hydrogen-bond acceptors (Lipinski definition) is 3. The second-order valence-electron chi connectivity index (χ2n) is 2.31. The fourth-order valence-electron chi connectivity index (χ4n) is 1.04. The number of aromatic amines is 2. The molecule has 0 saturated carbocycles. The van der Waals surface area contributed by atoms with Crippen molar-refractivity contribution in [3.05, 3.63) is 33.1 Å². The van der Waals surface area contributed by atoms with Crippen LogP contribution in [0.3, 0.4) is 0 Å². The molecule has 2 aromatic rings. The molecule has 3 N–H and O–H groups in total. The molecule has 0 amide bonds. The van der Waals surface area contributed by atoms with E-state index in [-0.39, 0.29) is 11.0 Å². The van der Waals surface area contributed by atoms with Crippen molar-refractivity contribution in [2.75, 3.05) is 0 Å². The SMILES string of the molecule is O=c1[nH]c(=O)n(O)c2[nH]ccc12. The van der Waals surface area contributed by atoms with Gasteiger partial charge >= 0.3 is 5.69 Å². The number of rotatable bonds is 0. The smallest absolute Gasteiger partial charge is 0.363 e. The minimum atomic E-state index is -0.852. The first-order valence-electron chi connectivity index (χ1n) is 3.22. The molecular weight excluding hydrogens is 162 g/mol. The molecule has 12 heavy (non-hydrogen) atoms. The second-order valence-corrected chi connectivity index (χ2v) is 2.31. The van der Waals surface area contributed by atoms with Crippen molar-refractivity contribution in [3.8, 4) is 0 Å². The molecule has 0 spiro atoms. The molecule has 0 aliphatic heterocycles. The first kappa shape index (κ1) is 6.71. The Morgan fingerprint density at radius 2 is 2.17 bits per heavy atom. The third-order valence-electron chi connectivity index (χ3n) is 1.59. The van der Waals surface area contributed by atoms with E-state index in [1.54, 1.807) is 0 Å². The Hall–Kier alpha value is -1.98. The molecule has 0 aliphatic rings. The predicted molar refractivity (Wildman–Crippen MR) is 40.4 cm³/mol. The molecule has 0 aliphatic carbocycles. The Labute approximate surface area is 65.0 Å². The molecule has 6 nitrogen and oxygen atoms in total. The molecule has 2 rings (SSSR count). The largest absolute Gasteiger partial charge is 0.422 e. The topological polar surface area (TPSA) is 90.9 Å². The van der Waals surface area contributed by atoms with Gasteiger partial charge in [0.1, 0.15) is 0 Å². The fraction of sp³-hybridized carbons (Fsp3) is 0. The van der Waals surface area contributed by atoms with Crippen LogP contribution in [0.25, 0.3) is 11.0 Å². The molecule has 2 aromatic heterocycles. The van der Waals surface area contributed by atoms with Crippen molar-refractivity contribution in [1.82, 2.24) is 14.7 Å². The van der Waals surface area contributed by atoms with Crippen LogP contribution in [0.2, 0.25) is 0 Å². The molecule has 0 aromatic carbocycles. The van der Waals surface area contributed by atoms with Crippen molar-refractivity contribution in [2.24, 2.45) is 0 Å². The Morgan fingerprint density at radius 1 is 1.42 bits per heavy atom. The van der Waals surface area contributed by atoms with Crippen LogP contribution in [0.15, 0.2) is 21.9 Å². The normalized spacial score (nSPS) is 10.7. The quantitative estimate of drug-likeness (QED) is 0.451. The van der Waals surface area contributed by atoms with Gasteiger partial charge in [0.2, 0.25) is 0 Å². The molecule has 0 atom stereocenters. The second kappa shape index (κ2) is 2.00. The molecule has 0 saturated heterocycles. The zero-order chi connectivity index (χ0) is 8.72. The van der Waals surface area contributed by atoms with Gasteiger partial charge in [-0.3, -0.25) is 9.78 Å². The number of nitrogens with zero attached hydrogens (tertiary/aromatic N) is 1. The van der Waals surface area contributed by atoms with Crippen LogP contribution in [0, 0.1) is 0 Å². The lowest BCUT2D eigenvalue weighted by Crippen LogP contribution is -2.28. The van der Waals surface area contributed by atoms with E-state index in [1.165, 1.54) is 12.3 Å². The van der Waals surface area contributed by atoms with Gasteiger partial charge in [0.25, 0.3) is 5.56 Å². The molecule has 6 heteroatoms. The van der Waals surface area contributed by atoms with Crippen LogP contribution in [0.4, 0.5) is 0 Å². The number of H-pyrrole nitrogens is 2. The highest BCUT2D eigenvalue weighted by Gasteiger charge is 2.05. The highest BCUT2D eigenvalue weighted by atomic mass is 16.5. The van der Waals surface area contributed by atoms with Crippen molar-refractivity contribution in [3.63, 3.8) is 0 Å². The number of fused-ring (bicyclic) bond motifs is 1. The van der Waals surface area contributed by atoms with Crippen LogP contribution in [-0.4, -0.2) is 19.9 Å². The van der Waals surface area contributed by atoms with Crippen molar-refractivity contribution < 1.29 is 5.21 Å². The lowest BCUT2D eigenvalue weighted by molar-refractivity contribution is 0.182. The Morgan fingerprint density at radius 3 is 2.92 bits per heavy atom. The first-order chi connectivity index (χ1) is 5.70. The first-order valence-corrected chi connectivity index (χ1v) is 3.22. The average Bonchev–Trinajstić information content (AvgIpc) is 2.48. The molecule has 0 unspecified atom stereocenters. The molecule has 0 bridgehead atoms. The van der Waals surface area contributed by atoms with Crippen molar-refractivity contribution in [2.45, 2.75) is 0 Å². The minimum absolute atomic E-state index is 0.101. The summed E-state index contributed by atoms with van der Waals surface area (Å²) in [6.07, 6.45) is 1.46. The Balaban J connectivity index is 3.18. The Bertz CT molecular complexity index is 533. The molecule has 62 valence electrons. The van der Waals surface area contributed by atoms with Crippen molar-refractivity contribution in [1.29, 1.82) is 0 Å². The summed E-state index contributed by atoms with van der Waals surface area (Å²) in [5, 5.41) is 9.32. The van der Waals surface area contributed by atoms with Gasteiger partial charge in [0, 0.05) is 6.20 Å². The zero-order valence-electron chi connectivity index (χ0n) is 5.87. The van der Waals surface area contributed by atoms with Crippen LogP contribution in [0.1, 0.15) is 0 Å². The minimum Gasteiger partial charge on any atom is -0.422 e. The van der Waals surface area contributed by atoms with Crippen LogP contribution in [0.5, 0.6) is 0 Å². The predicted octanol–water partition coefficient (Wildman–Crippen LogP) is -0.745. The van der Waals surface area contributed by atoms with Gasteiger partial charge in [0.15, 0.2) is 5.65 Å². The zero-order valence-corrected chi connectivity index (χ0v) is 5.87. The molecule has 0 fully saturated rings. The van der Waals surface area contributed by atoms with Crippen LogP contribution < -0.4 is 11.2 Å². The third kappa shape index (κ3) is 0.685. The van der Waals surface area contributed by atoms with Gasteiger partial charge in [-0.25, -0.2) is 4.79 Å². The number of hydrogen-bond donors (Lipinski definition) is 3. The molecule has 2 heterocycles. The van der Waals surface area contributed by atoms with Crippen LogP contribution in [-0.2, 0) is 0 Å². The lowest BCUT2D eigenvalue weighted by atomic mass is 10.4. The van der Waals surface area contributed by atoms with E-state index in [9.17, 15) is 9.59 Å². The summed E-state index contributed by atoms with van der Waals surface area (Å²) in [6.45, 7) is 0. The van der Waals surface area contributed by atoms with E-state index in [0.717, 1.165) is 0 Å². The number of aromatic nitrogens is 3. The summed E-state index contributed by atoms with van der Waals surface area (Å²) < 4.78 is 0.358. The van der Waals surface area contributed by atoms with Gasteiger partial charge in [-0.1, -0.05) is 0 Å². The van der Waals surface area contributed by atoms with Gasteiger partial charge in [-0.05, 0) is 6.07 Å². The van der Waals surface area contributed by atoms with Gasteiger partial charge in [-0.15, -0.1) is 4.73 Å². The van der Waals surface area contributed by atoms with Gasteiger partial charge in [0.05, 0.1) is 5.39 Å². The van der Waals surface area contributed by atoms with E-state index >= 15 is 0 Å².